The lowest BCUT2D eigenvalue weighted by Crippen LogP contribution is -2.48. The van der Waals surface area contributed by atoms with Gasteiger partial charge in [-0.3, -0.25) is 9.59 Å². The summed E-state index contributed by atoms with van der Waals surface area (Å²) in [6, 6.07) is 0. The molecular weight excluding hydrogens is 224 g/mol. The summed E-state index contributed by atoms with van der Waals surface area (Å²) in [7, 11) is 0. The van der Waals surface area contributed by atoms with Gasteiger partial charge in [0, 0.05) is 11.0 Å². The molecule has 0 aromatic heterocycles. The second-order valence-corrected chi connectivity index (χ2v) is 6.86. The van der Waals surface area contributed by atoms with Crippen LogP contribution in [-0.2, 0) is 9.59 Å². The predicted molar refractivity (Wildman–Crippen MR) is 67.8 cm³/mol. The molecule has 94 valence electrons. The number of allylic oxidation sites excluding steroid dienone is 4. The summed E-state index contributed by atoms with van der Waals surface area (Å²) >= 11 is 0. The first-order chi connectivity index (χ1) is 8.64. The summed E-state index contributed by atoms with van der Waals surface area (Å²) in [5, 5.41) is 0. The molecule has 0 radical (unpaired) electrons. The molecule has 0 spiro atoms. The maximum Gasteiger partial charge on any atom is 0.182 e. The van der Waals surface area contributed by atoms with E-state index < -0.39 is 0 Å². The second kappa shape index (κ2) is 3.43. The van der Waals surface area contributed by atoms with Crippen molar-refractivity contribution in [3.63, 3.8) is 0 Å². The van der Waals surface area contributed by atoms with Crippen LogP contribution in [0.1, 0.15) is 38.5 Å². The van der Waals surface area contributed by atoms with Crippen LogP contribution < -0.4 is 0 Å². The molecule has 18 heavy (non-hydrogen) atoms. The summed E-state index contributed by atoms with van der Waals surface area (Å²) < 4.78 is 0. The molecular formula is C16H18O2. The highest BCUT2D eigenvalue weighted by atomic mass is 16.1. The van der Waals surface area contributed by atoms with Crippen LogP contribution in [0.15, 0.2) is 23.8 Å². The summed E-state index contributed by atoms with van der Waals surface area (Å²) in [4.78, 5) is 23.7. The Kier molecular flexibility index (Phi) is 2.04. The predicted octanol–water partition coefficient (Wildman–Crippen LogP) is 2.84. The number of carbonyl (C=O) groups excluding carboxylic acids is 2. The van der Waals surface area contributed by atoms with Crippen LogP contribution in [0, 0.1) is 23.2 Å². The molecule has 4 bridgehead atoms. The van der Waals surface area contributed by atoms with E-state index >= 15 is 0 Å². The lowest BCUT2D eigenvalue weighted by molar-refractivity contribution is -0.117. The zero-order chi connectivity index (χ0) is 12.3. The Balaban J connectivity index is 1.75. The number of hydrogen-bond donors (Lipinski definition) is 0. The van der Waals surface area contributed by atoms with Crippen LogP contribution in [-0.4, -0.2) is 11.6 Å². The molecule has 0 atom stereocenters. The molecule has 0 N–H and O–H groups in total. The molecule has 0 saturated heterocycles. The fraction of sp³-hybridized carbons (Fsp3) is 0.625. The molecule has 2 heteroatoms. The van der Waals surface area contributed by atoms with Crippen molar-refractivity contribution < 1.29 is 9.59 Å². The van der Waals surface area contributed by atoms with Crippen molar-refractivity contribution in [3.8, 4) is 0 Å². The number of ketones is 2. The molecule has 5 aliphatic carbocycles. The number of hydrogen-bond acceptors (Lipinski definition) is 2. The Morgan fingerprint density at radius 2 is 1.44 bits per heavy atom. The standard InChI is InChI=1S/C16H18O2/c17-13-1-2-15(18)14(6-13)16-7-10-3-11(8-16)5-12(4-10)9-16/h1-2,6,10-12H,3-5,7-9H2. The zero-order valence-corrected chi connectivity index (χ0v) is 10.5. The van der Waals surface area contributed by atoms with E-state index in [1.807, 2.05) is 0 Å². The molecule has 4 saturated carbocycles. The highest BCUT2D eigenvalue weighted by molar-refractivity contribution is 6.17. The first kappa shape index (κ1) is 10.7. The van der Waals surface area contributed by atoms with Gasteiger partial charge in [-0.15, -0.1) is 0 Å². The molecule has 0 aliphatic heterocycles. The van der Waals surface area contributed by atoms with Crippen molar-refractivity contribution in [3.05, 3.63) is 23.8 Å². The van der Waals surface area contributed by atoms with E-state index in [9.17, 15) is 9.59 Å². The van der Waals surface area contributed by atoms with Gasteiger partial charge in [0.05, 0.1) is 0 Å². The van der Waals surface area contributed by atoms with E-state index in [1.165, 1.54) is 31.4 Å². The molecule has 0 aromatic carbocycles. The van der Waals surface area contributed by atoms with E-state index in [1.54, 1.807) is 6.08 Å². The van der Waals surface area contributed by atoms with Crippen molar-refractivity contribution in [2.24, 2.45) is 23.2 Å². The zero-order valence-electron chi connectivity index (χ0n) is 10.5. The minimum absolute atomic E-state index is 0.000320. The molecule has 0 heterocycles. The second-order valence-electron chi connectivity index (χ2n) is 6.86. The first-order valence-corrected chi connectivity index (χ1v) is 7.13. The Labute approximate surface area is 107 Å². The monoisotopic (exact) mass is 242 g/mol. The summed E-state index contributed by atoms with van der Waals surface area (Å²) in [6.45, 7) is 0. The van der Waals surface area contributed by atoms with E-state index in [2.05, 4.69) is 0 Å². The van der Waals surface area contributed by atoms with Gasteiger partial charge in [0.1, 0.15) is 0 Å². The highest BCUT2D eigenvalue weighted by Gasteiger charge is 2.53. The SMILES string of the molecule is O=C1C=CC(=O)C(C23CC4CC(CC(C4)C2)C3)=C1. The molecule has 0 amide bonds. The van der Waals surface area contributed by atoms with Gasteiger partial charge in [-0.25, -0.2) is 0 Å². The van der Waals surface area contributed by atoms with E-state index in [-0.39, 0.29) is 17.0 Å². The van der Waals surface area contributed by atoms with Crippen LogP contribution in [0.25, 0.3) is 0 Å². The molecule has 5 aliphatic rings. The van der Waals surface area contributed by atoms with E-state index in [4.69, 9.17) is 0 Å². The van der Waals surface area contributed by atoms with Crippen molar-refractivity contribution in [2.75, 3.05) is 0 Å². The molecule has 0 aromatic rings. The fourth-order valence-electron chi connectivity index (χ4n) is 5.36. The van der Waals surface area contributed by atoms with Crippen molar-refractivity contribution in [1.29, 1.82) is 0 Å². The van der Waals surface area contributed by atoms with Gasteiger partial charge in [-0.05, 0) is 74.5 Å². The smallest absolute Gasteiger partial charge is 0.182 e. The third-order valence-corrected chi connectivity index (χ3v) is 5.56. The number of carbonyl (C=O) groups is 2. The first-order valence-electron chi connectivity index (χ1n) is 7.13. The molecule has 4 fully saturated rings. The van der Waals surface area contributed by atoms with Gasteiger partial charge in [0.15, 0.2) is 11.6 Å². The lowest BCUT2D eigenvalue weighted by Gasteiger charge is -2.57. The van der Waals surface area contributed by atoms with Gasteiger partial charge in [0.25, 0.3) is 0 Å². The van der Waals surface area contributed by atoms with E-state index in [0.717, 1.165) is 42.6 Å². The molecule has 2 nitrogen and oxygen atoms in total. The minimum atomic E-state index is 0.000320. The summed E-state index contributed by atoms with van der Waals surface area (Å²) in [6.07, 6.45) is 12.1. The van der Waals surface area contributed by atoms with Crippen LogP contribution >= 0.6 is 0 Å². The minimum Gasteiger partial charge on any atom is -0.290 e. The van der Waals surface area contributed by atoms with Crippen LogP contribution in [0.4, 0.5) is 0 Å². The van der Waals surface area contributed by atoms with Crippen molar-refractivity contribution in [2.45, 2.75) is 38.5 Å². The van der Waals surface area contributed by atoms with Crippen LogP contribution in [0.3, 0.4) is 0 Å². The Morgan fingerprint density at radius 1 is 0.889 bits per heavy atom. The normalized spacial score (nSPS) is 45.6. The topological polar surface area (TPSA) is 34.1 Å². The Morgan fingerprint density at radius 3 is 2.00 bits per heavy atom. The van der Waals surface area contributed by atoms with Gasteiger partial charge in [0.2, 0.25) is 0 Å². The maximum atomic E-state index is 12.1. The van der Waals surface area contributed by atoms with Crippen LogP contribution in [0.2, 0.25) is 0 Å². The summed E-state index contributed by atoms with van der Waals surface area (Å²) in [5.74, 6) is 2.53. The highest BCUT2D eigenvalue weighted by Crippen LogP contribution is 2.62. The quantitative estimate of drug-likeness (QED) is 0.663. The molecule has 5 rings (SSSR count). The Hall–Kier alpha value is -1.18. The Bertz CT molecular complexity index is 460. The third kappa shape index (κ3) is 1.41. The van der Waals surface area contributed by atoms with E-state index in [0.29, 0.717) is 0 Å². The largest absolute Gasteiger partial charge is 0.290 e. The lowest BCUT2D eigenvalue weighted by atomic mass is 9.47. The fourth-order valence-corrected chi connectivity index (χ4v) is 5.36. The van der Waals surface area contributed by atoms with Gasteiger partial charge in [-0.1, -0.05) is 0 Å². The maximum absolute atomic E-state index is 12.1. The van der Waals surface area contributed by atoms with Gasteiger partial charge < -0.3 is 0 Å². The molecule has 0 unspecified atom stereocenters. The average Bonchev–Trinajstić information content (AvgIpc) is 2.30. The average molecular weight is 242 g/mol. The van der Waals surface area contributed by atoms with Crippen LogP contribution in [0.5, 0.6) is 0 Å². The summed E-state index contributed by atoms with van der Waals surface area (Å²) in [5.41, 5.74) is 0.904. The van der Waals surface area contributed by atoms with Crippen molar-refractivity contribution >= 4 is 11.6 Å². The van der Waals surface area contributed by atoms with Gasteiger partial charge >= 0.3 is 0 Å². The van der Waals surface area contributed by atoms with Gasteiger partial charge in [-0.2, -0.15) is 0 Å². The third-order valence-electron chi connectivity index (χ3n) is 5.56. The number of rotatable bonds is 1. The van der Waals surface area contributed by atoms with Crippen molar-refractivity contribution in [1.82, 2.24) is 0 Å².